The smallest absolute Gasteiger partial charge is 0.231 e. The number of rotatable bonds is 9. The Balaban J connectivity index is 1.71. The molecular weight excluding hydrogens is 393 g/mol. The number of piperidine rings is 1. The van der Waals surface area contributed by atoms with Gasteiger partial charge in [0, 0.05) is 18.6 Å². The maximum atomic E-state index is 13.4. The largest absolute Gasteiger partial charge is 0.493 e. The zero-order chi connectivity index (χ0) is 22.4. The fourth-order valence-corrected chi connectivity index (χ4v) is 4.17. The fraction of sp³-hybridized carbons (Fsp3) is 0.480. The molecule has 1 fully saturated rings. The molecule has 2 N–H and O–H groups in total. The molecule has 0 spiro atoms. The fourth-order valence-electron chi connectivity index (χ4n) is 4.17. The van der Waals surface area contributed by atoms with Crippen molar-refractivity contribution in [2.75, 3.05) is 26.7 Å². The van der Waals surface area contributed by atoms with Crippen LogP contribution in [0.15, 0.2) is 48.5 Å². The zero-order valence-corrected chi connectivity index (χ0v) is 18.8. The lowest BCUT2D eigenvalue weighted by atomic mass is 9.91. The van der Waals surface area contributed by atoms with Crippen LogP contribution in [-0.4, -0.2) is 48.5 Å². The number of carbonyl (C=O) groups is 1. The summed E-state index contributed by atoms with van der Waals surface area (Å²) in [5, 5.41) is 0. The van der Waals surface area contributed by atoms with Crippen LogP contribution in [0.2, 0.25) is 0 Å². The number of carbonyl (C=O) groups excluding carboxylic acids is 1. The molecule has 0 aromatic heterocycles. The second-order valence-corrected chi connectivity index (χ2v) is 8.95. The molecule has 0 bridgehead atoms. The summed E-state index contributed by atoms with van der Waals surface area (Å²) in [5.41, 5.74) is 7.80. The third-order valence-electron chi connectivity index (χ3n) is 5.86. The quantitative estimate of drug-likeness (QED) is 0.658. The maximum Gasteiger partial charge on any atom is 0.231 e. The van der Waals surface area contributed by atoms with E-state index in [2.05, 4.69) is 42.8 Å². The van der Waals surface area contributed by atoms with E-state index in [4.69, 9.17) is 10.5 Å². The molecule has 6 heteroatoms. The van der Waals surface area contributed by atoms with Crippen molar-refractivity contribution in [3.8, 4) is 5.75 Å². The third-order valence-corrected chi connectivity index (χ3v) is 5.86. The number of nitrogens with two attached hydrogens (primary N) is 1. The van der Waals surface area contributed by atoms with Gasteiger partial charge in [0.2, 0.25) is 5.91 Å². The highest BCUT2D eigenvalue weighted by molar-refractivity contribution is 5.76. The summed E-state index contributed by atoms with van der Waals surface area (Å²) in [5.74, 6) is 0.780. The highest BCUT2D eigenvalue weighted by Crippen LogP contribution is 2.33. The zero-order valence-electron chi connectivity index (χ0n) is 18.8. The molecule has 1 amide bonds. The SMILES string of the molecule is CC(C)COc1ccc(CN(CC(N)=O)[C@H]2CCN(C)[C@H](c3ccc(F)cc3)C2)cc1. The van der Waals surface area contributed by atoms with Gasteiger partial charge < -0.3 is 10.5 Å². The lowest BCUT2D eigenvalue weighted by molar-refractivity contribution is -0.120. The van der Waals surface area contributed by atoms with Gasteiger partial charge in [0.05, 0.1) is 13.2 Å². The van der Waals surface area contributed by atoms with E-state index in [9.17, 15) is 9.18 Å². The Kier molecular flexibility index (Phi) is 8.04. The molecule has 1 aliphatic rings. The Bertz CT molecular complexity index is 839. The summed E-state index contributed by atoms with van der Waals surface area (Å²) in [4.78, 5) is 16.3. The van der Waals surface area contributed by atoms with E-state index in [1.807, 2.05) is 24.3 Å². The van der Waals surface area contributed by atoms with Crippen molar-refractivity contribution in [3.05, 3.63) is 65.5 Å². The van der Waals surface area contributed by atoms with Crippen molar-refractivity contribution in [2.45, 2.75) is 45.3 Å². The van der Waals surface area contributed by atoms with Crippen LogP contribution in [0.5, 0.6) is 5.75 Å². The Morgan fingerprint density at radius 3 is 2.48 bits per heavy atom. The topological polar surface area (TPSA) is 58.8 Å². The molecule has 168 valence electrons. The number of primary amides is 1. The first-order valence-electron chi connectivity index (χ1n) is 11.0. The number of hydrogen-bond donors (Lipinski definition) is 1. The molecular formula is C25H34FN3O2. The third kappa shape index (κ3) is 6.77. The minimum atomic E-state index is -0.325. The Labute approximate surface area is 185 Å². The average molecular weight is 428 g/mol. The lowest BCUT2D eigenvalue weighted by Crippen LogP contribution is -2.47. The van der Waals surface area contributed by atoms with Crippen molar-refractivity contribution in [3.63, 3.8) is 0 Å². The molecule has 1 aliphatic heterocycles. The molecule has 2 aromatic carbocycles. The van der Waals surface area contributed by atoms with Gasteiger partial charge in [-0.05, 0) is 67.7 Å². The molecule has 1 saturated heterocycles. The van der Waals surface area contributed by atoms with Crippen molar-refractivity contribution < 1.29 is 13.9 Å². The van der Waals surface area contributed by atoms with Gasteiger partial charge >= 0.3 is 0 Å². The van der Waals surface area contributed by atoms with Gasteiger partial charge in [-0.2, -0.15) is 0 Å². The van der Waals surface area contributed by atoms with E-state index in [-0.39, 0.29) is 30.4 Å². The first-order valence-corrected chi connectivity index (χ1v) is 11.0. The molecule has 5 nitrogen and oxygen atoms in total. The van der Waals surface area contributed by atoms with Gasteiger partial charge in [0.15, 0.2) is 0 Å². The number of hydrogen-bond acceptors (Lipinski definition) is 4. The number of ether oxygens (including phenoxy) is 1. The summed E-state index contributed by atoms with van der Waals surface area (Å²) in [6.45, 7) is 6.71. The number of benzene rings is 2. The molecule has 0 aliphatic carbocycles. The monoisotopic (exact) mass is 427 g/mol. The van der Waals surface area contributed by atoms with Crippen LogP contribution in [0, 0.1) is 11.7 Å². The molecule has 0 saturated carbocycles. The molecule has 0 unspecified atom stereocenters. The van der Waals surface area contributed by atoms with Gasteiger partial charge in [0.1, 0.15) is 11.6 Å². The minimum Gasteiger partial charge on any atom is -0.493 e. The van der Waals surface area contributed by atoms with Crippen molar-refractivity contribution in [1.29, 1.82) is 0 Å². The van der Waals surface area contributed by atoms with Gasteiger partial charge in [-0.1, -0.05) is 38.1 Å². The van der Waals surface area contributed by atoms with Crippen molar-refractivity contribution >= 4 is 5.91 Å². The lowest BCUT2D eigenvalue weighted by Gasteiger charge is -2.42. The highest BCUT2D eigenvalue weighted by atomic mass is 19.1. The maximum absolute atomic E-state index is 13.4. The van der Waals surface area contributed by atoms with E-state index < -0.39 is 0 Å². The van der Waals surface area contributed by atoms with Crippen LogP contribution < -0.4 is 10.5 Å². The summed E-state index contributed by atoms with van der Waals surface area (Å²) < 4.78 is 19.1. The molecule has 3 rings (SSSR count). The summed E-state index contributed by atoms with van der Waals surface area (Å²) in [6.07, 6.45) is 1.82. The van der Waals surface area contributed by atoms with Gasteiger partial charge in [-0.15, -0.1) is 0 Å². The second kappa shape index (κ2) is 10.7. The van der Waals surface area contributed by atoms with Crippen molar-refractivity contribution in [1.82, 2.24) is 9.80 Å². The number of amides is 1. The average Bonchev–Trinajstić information content (AvgIpc) is 2.73. The van der Waals surface area contributed by atoms with Crippen LogP contribution in [0.3, 0.4) is 0 Å². The van der Waals surface area contributed by atoms with E-state index in [0.29, 0.717) is 19.1 Å². The van der Waals surface area contributed by atoms with Gasteiger partial charge in [0.25, 0.3) is 0 Å². The van der Waals surface area contributed by atoms with E-state index >= 15 is 0 Å². The van der Waals surface area contributed by atoms with Crippen LogP contribution in [0.25, 0.3) is 0 Å². The predicted octanol–water partition coefficient (Wildman–Crippen LogP) is 3.98. The second-order valence-electron chi connectivity index (χ2n) is 8.95. The molecule has 0 radical (unpaired) electrons. The normalized spacial score (nSPS) is 19.7. The van der Waals surface area contributed by atoms with E-state index in [1.165, 1.54) is 12.1 Å². The summed E-state index contributed by atoms with van der Waals surface area (Å²) >= 11 is 0. The van der Waals surface area contributed by atoms with Crippen LogP contribution in [0.4, 0.5) is 4.39 Å². The van der Waals surface area contributed by atoms with E-state index in [0.717, 1.165) is 36.3 Å². The van der Waals surface area contributed by atoms with E-state index in [1.54, 1.807) is 0 Å². The summed E-state index contributed by atoms with van der Waals surface area (Å²) in [7, 11) is 2.10. The van der Waals surface area contributed by atoms with Gasteiger partial charge in [-0.3, -0.25) is 14.6 Å². The van der Waals surface area contributed by atoms with Crippen LogP contribution in [0.1, 0.15) is 43.9 Å². The van der Waals surface area contributed by atoms with Crippen LogP contribution >= 0.6 is 0 Å². The predicted molar refractivity (Wildman–Crippen MR) is 121 cm³/mol. The van der Waals surface area contributed by atoms with Crippen molar-refractivity contribution in [2.24, 2.45) is 11.7 Å². The summed E-state index contributed by atoms with van der Waals surface area (Å²) in [6, 6.07) is 15.2. The van der Waals surface area contributed by atoms with Crippen LogP contribution in [-0.2, 0) is 11.3 Å². The molecule has 1 heterocycles. The molecule has 31 heavy (non-hydrogen) atoms. The first-order chi connectivity index (χ1) is 14.8. The first kappa shape index (κ1) is 23.2. The Morgan fingerprint density at radius 2 is 1.87 bits per heavy atom. The van der Waals surface area contributed by atoms with Gasteiger partial charge in [-0.25, -0.2) is 4.39 Å². The minimum absolute atomic E-state index is 0.182. The highest BCUT2D eigenvalue weighted by Gasteiger charge is 2.31. The molecule has 2 atom stereocenters. The number of likely N-dealkylation sites (tertiary alicyclic amines) is 1. The number of halogens is 1. The number of nitrogens with zero attached hydrogens (tertiary/aromatic N) is 2. The Morgan fingerprint density at radius 1 is 1.19 bits per heavy atom. The standard InChI is InChI=1S/C25H34FN3O2/c1-18(2)17-31-23-10-4-19(5-11-23)15-29(16-25(27)30)22-12-13-28(3)24(14-22)20-6-8-21(26)9-7-20/h4-11,18,22,24H,12-17H2,1-3H3,(H2,27,30)/t22-,24-/m0/s1. The molecule has 2 aromatic rings. The Hall–Kier alpha value is -2.44.